The summed E-state index contributed by atoms with van der Waals surface area (Å²) in [4.78, 5) is 16.1. The molecule has 1 aromatic heterocycles. The fourth-order valence-electron chi connectivity index (χ4n) is 5.93. The molecule has 0 radical (unpaired) electrons. The molecule has 4 aromatic rings. The number of anilines is 2. The second kappa shape index (κ2) is 8.77. The molecule has 2 aliphatic rings. The average Bonchev–Trinajstić information content (AvgIpc) is 3.44. The van der Waals surface area contributed by atoms with Crippen LogP contribution < -0.4 is 10.2 Å². The quantitative estimate of drug-likeness (QED) is 0.340. The molecule has 4 heteroatoms. The fourth-order valence-corrected chi connectivity index (χ4v) is 5.93. The normalized spacial score (nSPS) is 19.3. The van der Waals surface area contributed by atoms with Crippen molar-refractivity contribution in [3.05, 3.63) is 107 Å². The Labute approximate surface area is 206 Å². The second-order valence-electron chi connectivity index (χ2n) is 9.51. The Bertz CT molecular complexity index is 1410. The van der Waals surface area contributed by atoms with E-state index in [2.05, 4.69) is 84.7 Å². The molecule has 0 saturated carbocycles. The van der Waals surface area contributed by atoms with Crippen LogP contribution in [0.3, 0.4) is 0 Å². The van der Waals surface area contributed by atoms with Crippen molar-refractivity contribution < 1.29 is 9.21 Å². The van der Waals surface area contributed by atoms with Crippen LogP contribution in [0.4, 0.5) is 11.4 Å². The van der Waals surface area contributed by atoms with Gasteiger partial charge < -0.3 is 14.6 Å². The van der Waals surface area contributed by atoms with E-state index in [1.807, 2.05) is 12.1 Å². The molecule has 1 aliphatic carbocycles. The smallest absolute Gasteiger partial charge is 0.162 e. The van der Waals surface area contributed by atoms with Gasteiger partial charge in [-0.15, -0.1) is 0 Å². The van der Waals surface area contributed by atoms with Crippen LogP contribution in [0, 0.1) is 0 Å². The molecule has 0 amide bonds. The lowest BCUT2D eigenvalue weighted by Crippen LogP contribution is -2.30. The van der Waals surface area contributed by atoms with E-state index in [-0.39, 0.29) is 17.6 Å². The number of fused-ring (bicyclic) bond motifs is 3. The summed E-state index contributed by atoms with van der Waals surface area (Å²) in [5.41, 5.74) is 6.61. The number of allylic oxidation sites excluding steroid dienone is 2. The molecule has 0 bridgehead atoms. The minimum Gasteiger partial charge on any atom is -0.469 e. The maximum absolute atomic E-state index is 13.8. The van der Waals surface area contributed by atoms with E-state index in [0.717, 1.165) is 47.8 Å². The second-order valence-corrected chi connectivity index (χ2v) is 9.51. The lowest BCUT2D eigenvalue weighted by atomic mass is 9.71. The lowest BCUT2D eigenvalue weighted by molar-refractivity contribution is -0.116. The Hall–Kier alpha value is -3.79. The molecule has 3 aromatic carbocycles. The minimum atomic E-state index is -0.0943. The molecule has 0 saturated heterocycles. The monoisotopic (exact) mass is 462 g/mol. The molecule has 2 atom stereocenters. The first-order valence-electron chi connectivity index (χ1n) is 12.6. The van der Waals surface area contributed by atoms with Crippen molar-refractivity contribution in [1.29, 1.82) is 0 Å². The number of nitrogens with one attached hydrogen (secondary N) is 1. The average molecular weight is 463 g/mol. The lowest BCUT2D eigenvalue weighted by Gasteiger charge is -2.37. The number of nitrogens with zero attached hydrogens (tertiary/aromatic N) is 1. The van der Waals surface area contributed by atoms with Gasteiger partial charge in [-0.25, -0.2) is 0 Å². The first-order chi connectivity index (χ1) is 17.2. The van der Waals surface area contributed by atoms with Gasteiger partial charge >= 0.3 is 0 Å². The van der Waals surface area contributed by atoms with Gasteiger partial charge in [-0.2, -0.15) is 0 Å². The van der Waals surface area contributed by atoms with Crippen LogP contribution in [0.1, 0.15) is 55.4 Å². The molecule has 2 heterocycles. The number of Topliss-reactive ketones (excluding diaryl/α,β-unsaturated/α-hetero) is 1. The van der Waals surface area contributed by atoms with Crippen LogP contribution in [-0.4, -0.2) is 18.9 Å². The van der Waals surface area contributed by atoms with Gasteiger partial charge in [0.15, 0.2) is 5.78 Å². The molecular weight excluding hydrogens is 432 g/mol. The number of ketones is 1. The number of carbonyl (C=O) groups excluding carboxylic acids is 1. The van der Waals surface area contributed by atoms with Gasteiger partial charge in [0.2, 0.25) is 0 Å². The van der Waals surface area contributed by atoms with Gasteiger partial charge in [-0.05, 0) is 72.5 Å². The van der Waals surface area contributed by atoms with Crippen molar-refractivity contribution in [3.63, 3.8) is 0 Å². The minimum absolute atomic E-state index is 0.0662. The van der Waals surface area contributed by atoms with Crippen molar-refractivity contribution >= 4 is 27.9 Å². The zero-order valence-electron chi connectivity index (χ0n) is 20.3. The third-order valence-electron chi connectivity index (χ3n) is 7.64. The third kappa shape index (κ3) is 3.65. The number of carbonyl (C=O) groups is 1. The molecule has 0 unspecified atom stereocenters. The van der Waals surface area contributed by atoms with E-state index in [1.165, 1.54) is 22.0 Å². The molecule has 35 heavy (non-hydrogen) atoms. The summed E-state index contributed by atoms with van der Waals surface area (Å²) >= 11 is 0. The predicted molar refractivity (Wildman–Crippen MR) is 142 cm³/mol. The highest BCUT2D eigenvalue weighted by atomic mass is 16.3. The van der Waals surface area contributed by atoms with Crippen LogP contribution in [0.25, 0.3) is 10.8 Å². The van der Waals surface area contributed by atoms with Gasteiger partial charge in [-0.3, -0.25) is 4.79 Å². The first-order valence-corrected chi connectivity index (χ1v) is 12.6. The molecule has 176 valence electrons. The number of benzene rings is 3. The largest absolute Gasteiger partial charge is 0.469 e. The Morgan fingerprint density at radius 3 is 2.46 bits per heavy atom. The highest BCUT2D eigenvalue weighted by molar-refractivity contribution is 6.04. The van der Waals surface area contributed by atoms with E-state index in [4.69, 9.17) is 4.42 Å². The standard InChI is InChI=1S/C31H30N2O2/c1-3-33(4-2)23-14-11-21(12-15-23)29-30-24-9-6-5-8-20(24)13-16-25(30)32-26-18-22(19-27(34)31(26)29)28-10-7-17-35-28/h5-17,22,29,32H,3-4,18-19H2,1-2H3/t22-,29-/m0/s1. The van der Waals surface area contributed by atoms with Gasteiger partial charge in [0.1, 0.15) is 5.76 Å². The number of rotatable bonds is 5. The maximum atomic E-state index is 13.8. The highest BCUT2D eigenvalue weighted by Crippen LogP contribution is 2.50. The van der Waals surface area contributed by atoms with E-state index in [9.17, 15) is 4.79 Å². The van der Waals surface area contributed by atoms with Crippen LogP contribution in [-0.2, 0) is 4.79 Å². The number of furan rings is 1. The predicted octanol–water partition coefficient (Wildman–Crippen LogP) is 7.24. The van der Waals surface area contributed by atoms with Gasteiger partial charge in [0.25, 0.3) is 0 Å². The summed E-state index contributed by atoms with van der Waals surface area (Å²) < 4.78 is 5.69. The Morgan fingerprint density at radius 1 is 0.914 bits per heavy atom. The van der Waals surface area contributed by atoms with Gasteiger partial charge in [-0.1, -0.05) is 42.5 Å². The van der Waals surface area contributed by atoms with E-state index in [0.29, 0.717) is 6.42 Å². The van der Waals surface area contributed by atoms with Crippen molar-refractivity contribution in [3.8, 4) is 0 Å². The fraction of sp³-hybridized carbons (Fsp3) is 0.258. The molecular formula is C31H30N2O2. The summed E-state index contributed by atoms with van der Waals surface area (Å²) in [5, 5.41) is 6.06. The SMILES string of the molecule is CCN(CC)c1ccc([C@@H]2C3=C(C[C@H](c4ccco4)CC3=O)Nc3ccc4ccccc4c32)cc1. The van der Waals surface area contributed by atoms with E-state index in [1.54, 1.807) is 6.26 Å². The zero-order chi connectivity index (χ0) is 23.9. The van der Waals surface area contributed by atoms with E-state index < -0.39 is 0 Å². The van der Waals surface area contributed by atoms with Crippen molar-refractivity contribution in [1.82, 2.24) is 0 Å². The number of hydrogen-bond donors (Lipinski definition) is 1. The summed E-state index contributed by atoms with van der Waals surface area (Å²) in [5.74, 6) is 1.06. The van der Waals surface area contributed by atoms with Crippen molar-refractivity contribution in [2.45, 2.75) is 38.5 Å². The Kier molecular flexibility index (Phi) is 5.44. The molecule has 1 N–H and O–H groups in total. The summed E-state index contributed by atoms with van der Waals surface area (Å²) in [6, 6.07) is 25.5. The summed E-state index contributed by atoms with van der Waals surface area (Å²) in [6.07, 6.45) is 2.94. The summed E-state index contributed by atoms with van der Waals surface area (Å²) in [7, 11) is 0. The molecule has 6 rings (SSSR count). The van der Waals surface area contributed by atoms with Crippen molar-refractivity contribution in [2.24, 2.45) is 0 Å². The van der Waals surface area contributed by atoms with Crippen LogP contribution in [0.15, 0.2) is 94.7 Å². The van der Waals surface area contributed by atoms with Crippen LogP contribution >= 0.6 is 0 Å². The van der Waals surface area contributed by atoms with Gasteiger partial charge in [0, 0.05) is 54.0 Å². The van der Waals surface area contributed by atoms with E-state index >= 15 is 0 Å². The summed E-state index contributed by atoms with van der Waals surface area (Å²) in [6.45, 7) is 6.30. The topological polar surface area (TPSA) is 45.5 Å². The highest BCUT2D eigenvalue weighted by Gasteiger charge is 2.39. The molecule has 1 aliphatic heterocycles. The molecule has 4 nitrogen and oxygen atoms in total. The van der Waals surface area contributed by atoms with Gasteiger partial charge in [0.05, 0.1) is 6.26 Å². The molecule has 0 fully saturated rings. The van der Waals surface area contributed by atoms with Crippen LogP contribution in [0.5, 0.6) is 0 Å². The van der Waals surface area contributed by atoms with Crippen molar-refractivity contribution in [2.75, 3.05) is 23.3 Å². The zero-order valence-corrected chi connectivity index (χ0v) is 20.3. The third-order valence-corrected chi connectivity index (χ3v) is 7.64. The Morgan fingerprint density at radius 2 is 1.71 bits per heavy atom. The number of hydrogen-bond acceptors (Lipinski definition) is 4. The first kappa shape index (κ1) is 21.7. The maximum Gasteiger partial charge on any atom is 0.162 e. The Balaban J connectivity index is 1.52. The molecule has 0 spiro atoms. The van der Waals surface area contributed by atoms with Crippen LogP contribution in [0.2, 0.25) is 0 Å².